The number of aromatic nitrogens is 2. The van der Waals surface area contributed by atoms with Gasteiger partial charge in [0.15, 0.2) is 0 Å². The number of aliphatic hydroxyl groups is 2. The number of aliphatic hydroxyl groups excluding tert-OH is 1. The summed E-state index contributed by atoms with van der Waals surface area (Å²) in [5.74, 6) is 0.279. The highest BCUT2D eigenvalue weighted by Gasteiger charge is 2.29. The van der Waals surface area contributed by atoms with Gasteiger partial charge >= 0.3 is 0 Å². The average molecular weight is 363 g/mol. The Morgan fingerprint density at radius 1 is 1.23 bits per heavy atom. The zero-order valence-electron chi connectivity index (χ0n) is 15.2. The second-order valence-corrected chi connectivity index (χ2v) is 7.90. The zero-order chi connectivity index (χ0) is 18.7. The van der Waals surface area contributed by atoms with Crippen LogP contribution in [0.1, 0.15) is 68.6 Å². The first-order valence-corrected chi connectivity index (χ1v) is 9.43. The van der Waals surface area contributed by atoms with Gasteiger partial charge in [-0.15, -0.1) is 0 Å². The minimum absolute atomic E-state index is 0.0596. The van der Waals surface area contributed by atoms with E-state index in [1.54, 1.807) is 0 Å². The number of rotatable bonds is 5. The zero-order valence-corrected chi connectivity index (χ0v) is 15.2. The number of primary amides is 1. The highest BCUT2D eigenvalue weighted by atomic mass is 16.3. The molecule has 2 atom stereocenters. The molecule has 6 N–H and O–H groups in total. The van der Waals surface area contributed by atoms with Crippen molar-refractivity contribution in [3.8, 4) is 0 Å². The van der Waals surface area contributed by atoms with Crippen LogP contribution in [0.4, 0.5) is 11.8 Å². The molecule has 26 heavy (non-hydrogen) atoms. The Hall–Kier alpha value is -1.93. The van der Waals surface area contributed by atoms with Gasteiger partial charge in [-0.05, 0) is 58.3 Å². The Morgan fingerprint density at radius 2 is 1.96 bits per heavy atom. The molecule has 3 rings (SSSR count). The lowest BCUT2D eigenvalue weighted by Gasteiger charge is -2.33. The molecule has 144 valence electrons. The molecule has 1 amide bonds. The molecular weight excluding hydrogens is 334 g/mol. The maximum absolute atomic E-state index is 11.7. The van der Waals surface area contributed by atoms with Gasteiger partial charge in [-0.25, -0.2) is 4.98 Å². The van der Waals surface area contributed by atoms with Crippen molar-refractivity contribution in [3.63, 3.8) is 0 Å². The number of hydrogen-bond acceptors (Lipinski definition) is 7. The van der Waals surface area contributed by atoms with E-state index in [1.807, 2.05) is 6.92 Å². The van der Waals surface area contributed by atoms with E-state index >= 15 is 0 Å². The molecule has 1 heterocycles. The van der Waals surface area contributed by atoms with Crippen molar-refractivity contribution in [2.75, 3.05) is 10.6 Å². The van der Waals surface area contributed by atoms with Crippen molar-refractivity contribution in [1.82, 2.24) is 9.97 Å². The number of nitrogens with two attached hydrogens (primary N) is 1. The molecule has 2 unspecified atom stereocenters. The van der Waals surface area contributed by atoms with Crippen molar-refractivity contribution >= 4 is 17.7 Å². The van der Waals surface area contributed by atoms with Gasteiger partial charge in [0, 0.05) is 18.3 Å². The highest BCUT2D eigenvalue weighted by Crippen LogP contribution is 2.29. The third-order valence-corrected chi connectivity index (χ3v) is 5.44. The summed E-state index contributed by atoms with van der Waals surface area (Å²) in [7, 11) is 0. The van der Waals surface area contributed by atoms with Crippen LogP contribution in [-0.2, 0) is 0 Å². The summed E-state index contributed by atoms with van der Waals surface area (Å²) in [5, 5.41) is 26.5. The van der Waals surface area contributed by atoms with E-state index in [0.29, 0.717) is 18.2 Å². The molecule has 2 aliphatic carbocycles. The lowest BCUT2D eigenvalue weighted by molar-refractivity contribution is 0.0195. The Bertz CT molecular complexity index is 642. The number of amides is 1. The largest absolute Gasteiger partial charge is 0.393 e. The highest BCUT2D eigenvalue weighted by molar-refractivity contribution is 5.97. The van der Waals surface area contributed by atoms with Crippen LogP contribution < -0.4 is 16.4 Å². The second kappa shape index (κ2) is 7.75. The van der Waals surface area contributed by atoms with Gasteiger partial charge in [-0.3, -0.25) is 4.79 Å². The van der Waals surface area contributed by atoms with E-state index in [2.05, 4.69) is 20.6 Å². The fourth-order valence-corrected chi connectivity index (χ4v) is 3.80. The third kappa shape index (κ3) is 4.82. The summed E-state index contributed by atoms with van der Waals surface area (Å²) in [5.41, 5.74) is 5.11. The molecule has 8 nitrogen and oxygen atoms in total. The summed E-state index contributed by atoms with van der Waals surface area (Å²) in [6.07, 6.45) is 7.54. The summed E-state index contributed by atoms with van der Waals surface area (Å²) in [6, 6.07) is 0.253. The molecule has 8 heteroatoms. The third-order valence-electron chi connectivity index (χ3n) is 5.44. The normalized spacial score (nSPS) is 32.0. The first-order valence-electron chi connectivity index (χ1n) is 9.43. The SMILES string of the molecule is CC1(O)CCC(Nc2ncc(C(N)=O)c(NC3CCCC(O)C3)n2)CC1. The van der Waals surface area contributed by atoms with Gasteiger partial charge in [-0.2, -0.15) is 4.98 Å². The van der Waals surface area contributed by atoms with Gasteiger partial charge in [0.1, 0.15) is 5.82 Å². The van der Waals surface area contributed by atoms with Crippen LogP contribution in [-0.4, -0.2) is 49.9 Å². The van der Waals surface area contributed by atoms with Crippen LogP contribution in [0.25, 0.3) is 0 Å². The Kier molecular flexibility index (Phi) is 5.62. The van der Waals surface area contributed by atoms with Crippen LogP contribution in [0.5, 0.6) is 0 Å². The Balaban J connectivity index is 1.70. The molecular formula is C18H29N5O3. The standard InChI is InChI=1S/C18H29N5O3/c1-18(26)7-5-11(6-8-18)22-17-20-10-14(15(19)25)16(23-17)21-12-3-2-4-13(24)9-12/h10-13,24,26H,2-9H2,1H3,(H2,19,25)(H2,20,21,22,23). The van der Waals surface area contributed by atoms with Crippen LogP contribution >= 0.6 is 0 Å². The lowest BCUT2D eigenvalue weighted by atomic mass is 9.84. The van der Waals surface area contributed by atoms with E-state index in [0.717, 1.165) is 44.9 Å². The fourth-order valence-electron chi connectivity index (χ4n) is 3.80. The van der Waals surface area contributed by atoms with Crippen LogP contribution in [0, 0.1) is 0 Å². The molecule has 0 spiro atoms. The van der Waals surface area contributed by atoms with E-state index in [-0.39, 0.29) is 23.8 Å². The van der Waals surface area contributed by atoms with Crippen molar-refractivity contribution in [2.24, 2.45) is 5.73 Å². The predicted molar refractivity (Wildman–Crippen MR) is 98.9 cm³/mol. The topological polar surface area (TPSA) is 133 Å². The van der Waals surface area contributed by atoms with E-state index < -0.39 is 11.5 Å². The van der Waals surface area contributed by atoms with Crippen molar-refractivity contribution in [1.29, 1.82) is 0 Å². The van der Waals surface area contributed by atoms with E-state index in [4.69, 9.17) is 5.73 Å². The van der Waals surface area contributed by atoms with Gasteiger partial charge in [-0.1, -0.05) is 0 Å². The van der Waals surface area contributed by atoms with Gasteiger partial charge in [0.25, 0.3) is 5.91 Å². The molecule has 0 bridgehead atoms. The quantitative estimate of drug-likeness (QED) is 0.534. The maximum Gasteiger partial charge on any atom is 0.254 e. The average Bonchev–Trinajstić information content (AvgIpc) is 2.57. The van der Waals surface area contributed by atoms with Crippen LogP contribution in [0.2, 0.25) is 0 Å². The number of anilines is 2. The smallest absolute Gasteiger partial charge is 0.254 e. The molecule has 2 fully saturated rings. The molecule has 0 aromatic carbocycles. The number of hydrogen-bond donors (Lipinski definition) is 5. The first-order chi connectivity index (χ1) is 12.3. The van der Waals surface area contributed by atoms with Gasteiger partial charge in [0.05, 0.1) is 17.3 Å². The first kappa shape index (κ1) is 18.8. The second-order valence-electron chi connectivity index (χ2n) is 7.90. The number of carbonyl (C=O) groups excluding carboxylic acids is 1. The Morgan fingerprint density at radius 3 is 2.62 bits per heavy atom. The minimum atomic E-state index is -0.594. The summed E-state index contributed by atoms with van der Waals surface area (Å²) in [6.45, 7) is 1.86. The summed E-state index contributed by atoms with van der Waals surface area (Å²) >= 11 is 0. The van der Waals surface area contributed by atoms with Crippen molar-refractivity contribution in [3.05, 3.63) is 11.8 Å². The summed E-state index contributed by atoms with van der Waals surface area (Å²) in [4.78, 5) is 20.4. The van der Waals surface area contributed by atoms with E-state index in [1.165, 1.54) is 6.20 Å². The molecule has 1 aromatic heterocycles. The van der Waals surface area contributed by atoms with Crippen LogP contribution in [0.3, 0.4) is 0 Å². The molecule has 0 saturated heterocycles. The monoisotopic (exact) mass is 363 g/mol. The van der Waals surface area contributed by atoms with E-state index in [9.17, 15) is 15.0 Å². The van der Waals surface area contributed by atoms with Crippen molar-refractivity contribution in [2.45, 2.75) is 82.1 Å². The fraction of sp³-hybridized carbons (Fsp3) is 0.722. The molecule has 2 saturated carbocycles. The lowest BCUT2D eigenvalue weighted by Crippen LogP contribution is -2.36. The maximum atomic E-state index is 11.7. The molecule has 1 aromatic rings. The van der Waals surface area contributed by atoms with Crippen LogP contribution in [0.15, 0.2) is 6.20 Å². The Labute approximate surface area is 153 Å². The number of nitrogens with one attached hydrogen (secondary N) is 2. The summed E-state index contributed by atoms with van der Waals surface area (Å²) < 4.78 is 0. The molecule has 0 radical (unpaired) electrons. The van der Waals surface area contributed by atoms with Crippen molar-refractivity contribution < 1.29 is 15.0 Å². The number of nitrogens with zero attached hydrogens (tertiary/aromatic N) is 2. The molecule has 2 aliphatic rings. The van der Waals surface area contributed by atoms with Gasteiger partial charge in [0.2, 0.25) is 5.95 Å². The number of carbonyl (C=O) groups is 1. The minimum Gasteiger partial charge on any atom is -0.393 e. The predicted octanol–water partition coefficient (Wildman–Crippen LogP) is 1.40. The molecule has 0 aliphatic heterocycles. The van der Waals surface area contributed by atoms with Gasteiger partial charge < -0.3 is 26.6 Å².